The zero-order valence-corrected chi connectivity index (χ0v) is 15.0. The summed E-state index contributed by atoms with van der Waals surface area (Å²) in [6.07, 6.45) is 1.55. The van der Waals surface area contributed by atoms with Gasteiger partial charge in [0, 0.05) is 6.20 Å². The van der Waals surface area contributed by atoms with Crippen LogP contribution in [0, 0.1) is 5.82 Å². The van der Waals surface area contributed by atoms with Crippen molar-refractivity contribution in [1.82, 2.24) is 4.57 Å². The van der Waals surface area contributed by atoms with E-state index >= 15 is 0 Å². The summed E-state index contributed by atoms with van der Waals surface area (Å²) < 4.78 is 19.1. The van der Waals surface area contributed by atoms with E-state index in [-0.39, 0.29) is 29.2 Å². The van der Waals surface area contributed by atoms with Gasteiger partial charge < -0.3 is 14.6 Å². The number of nitrogens with zero attached hydrogens (tertiary/aromatic N) is 1. The largest absolute Gasteiger partial charge is 0.465 e. The van der Waals surface area contributed by atoms with Crippen molar-refractivity contribution in [3.63, 3.8) is 0 Å². The Kier molecular flexibility index (Phi) is 5.64. The molecule has 0 atom stereocenters. The predicted molar refractivity (Wildman–Crippen MR) is 102 cm³/mol. The highest BCUT2D eigenvalue weighted by molar-refractivity contribution is 6.07. The summed E-state index contributed by atoms with van der Waals surface area (Å²) in [5.74, 6) is -1.61. The van der Waals surface area contributed by atoms with Gasteiger partial charge in [-0.3, -0.25) is 9.59 Å². The molecule has 0 aliphatic heterocycles. The van der Waals surface area contributed by atoms with Gasteiger partial charge in [-0.25, -0.2) is 9.18 Å². The number of aromatic nitrogens is 1. The van der Waals surface area contributed by atoms with Crippen molar-refractivity contribution < 1.29 is 18.7 Å². The van der Waals surface area contributed by atoms with E-state index in [9.17, 15) is 18.8 Å². The number of benzene rings is 2. The maximum Gasteiger partial charge on any atom is 0.339 e. The molecule has 0 fully saturated rings. The molecule has 7 heteroatoms. The number of esters is 1. The third kappa shape index (κ3) is 4.15. The minimum Gasteiger partial charge on any atom is -0.465 e. The van der Waals surface area contributed by atoms with Crippen LogP contribution in [0.2, 0.25) is 0 Å². The average molecular weight is 380 g/mol. The van der Waals surface area contributed by atoms with Crippen molar-refractivity contribution in [3.8, 4) is 0 Å². The molecule has 3 rings (SSSR count). The fourth-order valence-corrected chi connectivity index (χ4v) is 2.69. The molecule has 28 heavy (non-hydrogen) atoms. The quantitative estimate of drug-likeness (QED) is 0.690. The number of carbonyl (C=O) groups is 2. The van der Waals surface area contributed by atoms with Gasteiger partial charge >= 0.3 is 5.97 Å². The number of halogens is 1. The van der Waals surface area contributed by atoms with Crippen LogP contribution in [0.4, 0.5) is 10.1 Å². The summed E-state index contributed by atoms with van der Waals surface area (Å²) in [4.78, 5) is 37.1. The van der Waals surface area contributed by atoms with Crippen LogP contribution in [-0.2, 0) is 11.3 Å². The second-order valence-corrected chi connectivity index (χ2v) is 5.97. The van der Waals surface area contributed by atoms with Crippen molar-refractivity contribution in [2.75, 3.05) is 12.4 Å². The molecule has 0 aliphatic rings. The fraction of sp³-hybridized carbons (Fsp3) is 0.0952. The third-order valence-electron chi connectivity index (χ3n) is 4.11. The Bertz CT molecular complexity index is 1070. The number of ether oxygens (including phenoxy) is 1. The van der Waals surface area contributed by atoms with Gasteiger partial charge in [0.05, 0.1) is 24.9 Å². The number of carbonyl (C=O) groups excluding carboxylic acids is 2. The molecule has 0 unspecified atom stereocenters. The number of anilines is 1. The first-order chi connectivity index (χ1) is 13.5. The monoisotopic (exact) mass is 380 g/mol. The van der Waals surface area contributed by atoms with E-state index in [0.29, 0.717) is 0 Å². The molecular formula is C21H17FN2O4. The first kappa shape index (κ1) is 19.0. The first-order valence-corrected chi connectivity index (χ1v) is 8.42. The molecule has 2 aromatic carbocycles. The zero-order chi connectivity index (χ0) is 20.1. The Morgan fingerprint density at radius 1 is 1.00 bits per heavy atom. The van der Waals surface area contributed by atoms with Gasteiger partial charge in [0.1, 0.15) is 11.4 Å². The summed E-state index contributed by atoms with van der Waals surface area (Å²) in [7, 11) is 1.24. The molecule has 0 radical (unpaired) electrons. The molecular weight excluding hydrogens is 363 g/mol. The van der Waals surface area contributed by atoms with Gasteiger partial charge in [0.15, 0.2) is 0 Å². The molecule has 1 N–H and O–H groups in total. The lowest BCUT2D eigenvalue weighted by molar-refractivity contribution is 0.0602. The number of pyridine rings is 1. The van der Waals surface area contributed by atoms with Crippen LogP contribution in [0.1, 0.15) is 26.3 Å². The van der Waals surface area contributed by atoms with Crippen molar-refractivity contribution in [2.45, 2.75) is 6.54 Å². The van der Waals surface area contributed by atoms with Crippen LogP contribution in [0.3, 0.4) is 0 Å². The highest BCUT2D eigenvalue weighted by Gasteiger charge is 2.17. The summed E-state index contributed by atoms with van der Waals surface area (Å²) in [5, 5.41) is 2.58. The van der Waals surface area contributed by atoms with Gasteiger partial charge in [-0.05, 0) is 42.0 Å². The Morgan fingerprint density at radius 3 is 2.39 bits per heavy atom. The summed E-state index contributed by atoms with van der Waals surface area (Å²) in [6.45, 7) is 0.193. The van der Waals surface area contributed by atoms with Crippen molar-refractivity contribution in [1.29, 1.82) is 0 Å². The normalized spacial score (nSPS) is 10.4. The Hall–Kier alpha value is -3.74. The Balaban J connectivity index is 1.86. The van der Waals surface area contributed by atoms with Crippen molar-refractivity contribution >= 4 is 17.6 Å². The molecule has 142 valence electrons. The molecule has 0 saturated carbocycles. The first-order valence-electron chi connectivity index (χ1n) is 8.42. The maximum absolute atomic E-state index is 13.0. The molecule has 0 saturated heterocycles. The van der Waals surface area contributed by atoms with Crippen molar-refractivity contribution in [2.24, 2.45) is 0 Å². The number of para-hydroxylation sites is 1. The van der Waals surface area contributed by atoms with Crippen LogP contribution in [0.15, 0.2) is 71.7 Å². The van der Waals surface area contributed by atoms with Crippen molar-refractivity contribution in [3.05, 3.63) is 99.7 Å². The van der Waals surface area contributed by atoms with Gasteiger partial charge in [0.2, 0.25) is 0 Å². The molecule has 1 amide bonds. The predicted octanol–water partition coefficient (Wildman–Crippen LogP) is 3.07. The van der Waals surface area contributed by atoms with Crippen LogP contribution in [0.5, 0.6) is 0 Å². The molecule has 1 aromatic heterocycles. The van der Waals surface area contributed by atoms with E-state index in [1.807, 2.05) is 0 Å². The minimum absolute atomic E-state index is 0.0794. The molecule has 0 spiro atoms. The minimum atomic E-state index is -0.644. The second-order valence-electron chi connectivity index (χ2n) is 5.97. The number of hydrogen-bond donors (Lipinski definition) is 1. The van der Waals surface area contributed by atoms with Gasteiger partial charge in [-0.15, -0.1) is 0 Å². The lowest BCUT2D eigenvalue weighted by Crippen LogP contribution is -2.29. The average Bonchev–Trinajstić information content (AvgIpc) is 2.71. The molecule has 6 nitrogen and oxygen atoms in total. The van der Waals surface area contributed by atoms with Gasteiger partial charge in [0.25, 0.3) is 11.5 Å². The number of methoxy groups -OCH3 is 1. The van der Waals surface area contributed by atoms with E-state index in [0.717, 1.165) is 5.56 Å². The van der Waals surface area contributed by atoms with E-state index in [2.05, 4.69) is 5.32 Å². The molecule has 0 bridgehead atoms. The van der Waals surface area contributed by atoms with E-state index in [4.69, 9.17) is 4.74 Å². The summed E-state index contributed by atoms with van der Waals surface area (Å²) in [5.41, 5.74) is 0.565. The topological polar surface area (TPSA) is 77.4 Å². The van der Waals surface area contributed by atoms with E-state index in [1.54, 1.807) is 42.6 Å². The third-order valence-corrected chi connectivity index (χ3v) is 4.11. The highest BCUT2D eigenvalue weighted by atomic mass is 19.1. The Morgan fingerprint density at radius 2 is 1.68 bits per heavy atom. The number of rotatable bonds is 5. The smallest absolute Gasteiger partial charge is 0.339 e. The van der Waals surface area contributed by atoms with Gasteiger partial charge in [-0.1, -0.05) is 24.3 Å². The molecule has 0 aliphatic carbocycles. The van der Waals surface area contributed by atoms with E-state index in [1.165, 1.54) is 35.9 Å². The van der Waals surface area contributed by atoms with Crippen LogP contribution in [-0.4, -0.2) is 23.6 Å². The number of amides is 1. The summed E-state index contributed by atoms with van der Waals surface area (Å²) >= 11 is 0. The van der Waals surface area contributed by atoms with Crippen LogP contribution < -0.4 is 10.9 Å². The van der Waals surface area contributed by atoms with Crippen LogP contribution >= 0.6 is 0 Å². The lowest BCUT2D eigenvalue weighted by Gasteiger charge is -2.11. The zero-order valence-electron chi connectivity index (χ0n) is 15.0. The van der Waals surface area contributed by atoms with E-state index < -0.39 is 17.4 Å². The SMILES string of the molecule is COC(=O)c1ccccc1NC(=O)c1cccn(Cc2ccc(F)cc2)c1=O. The second kappa shape index (κ2) is 8.30. The summed E-state index contributed by atoms with van der Waals surface area (Å²) in [6, 6.07) is 15.1. The number of nitrogens with one attached hydrogen (secondary N) is 1. The fourth-order valence-electron chi connectivity index (χ4n) is 2.69. The standard InChI is InChI=1S/C21H17FN2O4/c1-28-21(27)16-5-2-3-7-18(16)23-19(25)17-6-4-12-24(20(17)26)13-14-8-10-15(22)11-9-14/h2-12H,13H2,1H3,(H,23,25). The lowest BCUT2D eigenvalue weighted by atomic mass is 10.1. The van der Waals surface area contributed by atoms with Crippen LogP contribution in [0.25, 0.3) is 0 Å². The molecule has 1 heterocycles. The van der Waals surface area contributed by atoms with Gasteiger partial charge in [-0.2, -0.15) is 0 Å². The molecule has 3 aromatic rings. The maximum atomic E-state index is 13.0. The Labute approximate surface area is 160 Å². The highest BCUT2D eigenvalue weighted by Crippen LogP contribution is 2.16. The number of hydrogen-bond acceptors (Lipinski definition) is 4.